The van der Waals surface area contributed by atoms with Crippen LogP contribution in [0.3, 0.4) is 0 Å². The van der Waals surface area contributed by atoms with E-state index in [4.69, 9.17) is 11.5 Å². The maximum atomic E-state index is 10.5. The molecule has 4 heteroatoms. The fourth-order valence-electron chi connectivity index (χ4n) is 0.537. The first-order chi connectivity index (χ1) is 4.63. The second-order valence-corrected chi connectivity index (χ2v) is 1.68. The van der Waals surface area contributed by atoms with Crippen molar-refractivity contribution < 1.29 is 4.79 Å². The van der Waals surface area contributed by atoms with Gasteiger partial charge in [-0.2, -0.15) is 0 Å². The predicted molar refractivity (Wildman–Crippen MR) is 40.5 cm³/mol. The first-order valence-corrected chi connectivity index (χ1v) is 2.82. The van der Waals surface area contributed by atoms with Gasteiger partial charge < -0.3 is 11.5 Å². The lowest BCUT2D eigenvalue weighted by Gasteiger charge is -1.98. The van der Waals surface area contributed by atoms with Gasteiger partial charge in [0, 0.05) is 7.05 Å². The number of rotatable bonds is 2. The van der Waals surface area contributed by atoms with Crippen molar-refractivity contribution in [3.05, 3.63) is 11.6 Å². The molecule has 10 heavy (non-hydrogen) atoms. The van der Waals surface area contributed by atoms with Crippen LogP contribution in [0.4, 0.5) is 0 Å². The van der Waals surface area contributed by atoms with E-state index in [2.05, 4.69) is 4.99 Å². The van der Waals surface area contributed by atoms with Crippen LogP contribution in [0.5, 0.6) is 0 Å². The lowest BCUT2D eigenvalue weighted by atomic mass is 10.2. The summed E-state index contributed by atoms with van der Waals surface area (Å²) < 4.78 is 0. The molecule has 0 aromatic heterocycles. The van der Waals surface area contributed by atoms with Crippen molar-refractivity contribution in [1.29, 1.82) is 0 Å². The maximum absolute atomic E-state index is 10.5. The zero-order chi connectivity index (χ0) is 8.15. The first kappa shape index (κ1) is 8.68. The molecule has 4 N–H and O–H groups in total. The molecular weight excluding hydrogens is 130 g/mol. The number of allylic oxidation sites excluding steroid dienone is 1. The molecule has 0 atom stereocenters. The molecule has 0 aromatic rings. The van der Waals surface area contributed by atoms with Crippen LogP contribution in [0, 0.1) is 0 Å². The molecule has 0 rings (SSSR count). The number of nitrogens with two attached hydrogens (primary N) is 2. The zero-order valence-corrected chi connectivity index (χ0v) is 6.09. The van der Waals surface area contributed by atoms with Crippen LogP contribution >= 0.6 is 0 Å². The van der Waals surface area contributed by atoms with Gasteiger partial charge in [-0.3, -0.25) is 9.79 Å². The van der Waals surface area contributed by atoms with Gasteiger partial charge in [0.05, 0.1) is 5.57 Å². The number of amidine groups is 1. The number of amides is 1. The van der Waals surface area contributed by atoms with Gasteiger partial charge in [-0.15, -0.1) is 0 Å². The number of carbonyl (C=O) groups is 1. The molecule has 1 amide bonds. The van der Waals surface area contributed by atoms with Crippen LogP contribution in [-0.4, -0.2) is 18.8 Å². The van der Waals surface area contributed by atoms with Gasteiger partial charge in [0.25, 0.3) is 5.91 Å². The molecule has 0 aromatic carbocycles. The number of nitrogens with zero attached hydrogens (tertiary/aromatic N) is 1. The summed E-state index contributed by atoms with van der Waals surface area (Å²) in [6.45, 7) is 1.68. The highest BCUT2D eigenvalue weighted by Gasteiger charge is 2.05. The molecule has 0 radical (unpaired) electrons. The Hall–Kier alpha value is -1.32. The Bertz CT molecular complexity index is 193. The summed E-state index contributed by atoms with van der Waals surface area (Å²) in [5.74, 6) is -0.374. The second-order valence-electron chi connectivity index (χ2n) is 1.68. The summed E-state index contributed by atoms with van der Waals surface area (Å²) in [6.07, 6.45) is 1.53. The average molecular weight is 141 g/mol. The highest BCUT2D eigenvalue weighted by atomic mass is 16.1. The van der Waals surface area contributed by atoms with E-state index in [1.165, 1.54) is 13.1 Å². The summed E-state index contributed by atoms with van der Waals surface area (Å²) in [7, 11) is 1.50. The summed E-state index contributed by atoms with van der Waals surface area (Å²) in [5, 5.41) is 0. The monoisotopic (exact) mass is 141 g/mol. The van der Waals surface area contributed by atoms with Crippen molar-refractivity contribution in [2.75, 3.05) is 7.05 Å². The quantitative estimate of drug-likeness (QED) is 0.306. The van der Waals surface area contributed by atoms with E-state index < -0.39 is 5.91 Å². The van der Waals surface area contributed by atoms with Gasteiger partial charge in [0.1, 0.15) is 5.84 Å². The average Bonchev–Trinajstić information content (AvgIpc) is 1.88. The lowest BCUT2D eigenvalue weighted by Crippen LogP contribution is -2.26. The van der Waals surface area contributed by atoms with E-state index in [0.717, 1.165) is 0 Å². The Morgan fingerprint density at radius 2 is 2.00 bits per heavy atom. The van der Waals surface area contributed by atoms with Crippen LogP contribution in [0.25, 0.3) is 0 Å². The number of hydrogen-bond donors (Lipinski definition) is 2. The van der Waals surface area contributed by atoms with E-state index in [-0.39, 0.29) is 11.4 Å². The highest BCUT2D eigenvalue weighted by Crippen LogP contribution is 1.91. The SMILES string of the molecule is C/C=C(/C(N)=O)C(N)=NC. The third kappa shape index (κ3) is 1.89. The molecule has 0 aliphatic carbocycles. The highest BCUT2D eigenvalue weighted by molar-refractivity contribution is 6.19. The van der Waals surface area contributed by atoms with Crippen molar-refractivity contribution in [2.45, 2.75) is 6.92 Å². The summed E-state index contributed by atoms with van der Waals surface area (Å²) >= 11 is 0. The normalized spacial score (nSPS) is 13.4. The third-order valence-electron chi connectivity index (χ3n) is 1.07. The molecule has 0 unspecified atom stereocenters. The fraction of sp³-hybridized carbons (Fsp3) is 0.333. The lowest BCUT2D eigenvalue weighted by molar-refractivity contribution is -0.114. The minimum Gasteiger partial charge on any atom is -0.383 e. The van der Waals surface area contributed by atoms with Gasteiger partial charge >= 0.3 is 0 Å². The molecule has 0 bridgehead atoms. The molecule has 0 aliphatic heterocycles. The number of hydrogen-bond acceptors (Lipinski definition) is 2. The van der Waals surface area contributed by atoms with Crippen LogP contribution in [0.15, 0.2) is 16.6 Å². The van der Waals surface area contributed by atoms with Gasteiger partial charge in [0.15, 0.2) is 0 Å². The molecule has 0 saturated carbocycles. The van der Waals surface area contributed by atoms with Gasteiger partial charge in [0.2, 0.25) is 0 Å². The second kappa shape index (κ2) is 3.66. The van der Waals surface area contributed by atoms with E-state index in [1.54, 1.807) is 6.92 Å². The van der Waals surface area contributed by atoms with Gasteiger partial charge in [-0.25, -0.2) is 0 Å². The first-order valence-electron chi connectivity index (χ1n) is 2.82. The Balaban J connectivity index is 4.56. The molecule has 56 valence electrons. The van der Waals surface area contributed by atoms with E-state index in [9.17, 15) is 4.79 Å². The van der Waals surface area contributed by atoms with Crippen LogP contribution in [-0.2, 0) is 4.79 Å². The summed E-state index contributed by atoms with van der Waals surface area (Å²) in [5.41, 5.74) is 10.5. The van der Waals surface area contributed by atoms with Gasteiger partial charge in [-0.05, 0) is 6.92 Å². The topological polar surface area (TPSA) is 81.5 Å². The maximum Gasteiger partial charge on any atom is 0.252 e. The minimum atomic E-state index is -0.550. The molecular formula is C6H11N3O. The Labute approximate surface area is 59.6 Å². The predicted octanol–water partition coefficient (Wildman–Crippen LogP) is -0.595. The Morgan fingerprint density at radius 1 is 1.50 bits per heavy atom. The van der Waals surface area contributed by atoms with Crippen LogP contribution < -0.4 is 11.5 Å². The molecule has 4 nitrogen and oxygen atoms in total. The standard InChI is InChI=1S/C6H11N3O/c1-3-4(6(8)10)5(7)9-2/h3H,1-2H3,(H2,7,9)(H2,8,10)/b4-3+. The van der Waals surface area contributed by atoms with Crippen molar-refractivity contribution in [3.8, 4) is 0 Å². The van der Waals surface area contributed by atoms with E-state index in [0.29, 0.717) is 0 Å². The summed E-state index contributed by atoms with van der Waals surface area (Å²) in [6, 6.07) is 0. The largest absolute Gasteiger partial charge is 0.383 e. The van der Waals surface area contributed by atoms with E-state index >= 15 is 0 Å². The van der Waals surface area contributed by atoms with Crippen molar-refractivity contribution in [2.24, 2.45) is 16.5 Å². The molecule has 0 heterocycles. The van der Waals surface area contributed by atoms with E-state index in [1.807, 2.05) is 0 Å². The fourth-order valence-corrected chi connectivity index (χ4v) is 0.537. The molecule has 0 spiro atoms. The van der Waals surface area contributed by atoms with Crippen LogP contribution in [0.1, 0.15) is 6.92 Å². The van der Waals surface area contributed by atoms with Gasteiger partial charge in [-0.1, -0.05) is 6.08 Å². The number of primary amides is 1. The van der Waals surface area contributed by atoms with Crippen molar-refractivity contribution in [3.63, 3.8) is 0 Å². The Morgan fingerprint density at radius 3 is 2.10 bits per heavy atom. The number of carbonyl (C=O) groups excluding carboxylic acids is 1. The molecule has 0 fully saturated rings. The minimum absolute atomic E-state index is 0.176. The molecule has 0 saturated heterocycles. The third-order valence-corrected chi connectivity index (χ3v) is 1.07. The Kier molecular flexibility index (Phi) is 3.17. The van der Waals surface area contributed by atoms with Crippen molar-refractivity contribution in [1.82, 2.24) is 0 Å². The smallest absolute Gasteiger partial charge is 0.252 e. The number of aliphatic imine (C=N–C) groups is 1. The summed E-state index contributed by atoms with van der Waals surface area (Å²) in [4.78, 5) is 14.1. The molecule has 0 aliphatic rings. The van der Waals surface area contributed by atoms with Crippen molar-refractivity contribution >= 4 is 11.7 Å². The zero-order valence-electron chi connectivity index (χ0n) is 6.09. The van der Waals surface area contributed by atoms with Crippen LogP contribution in [0.2, 0.25) is 0 Å².